The number of ether oxygens (including phenoxy) is 1. The van der Waals surface area contributed by atoms with Crippen molar-refractivity contribution in [1.82, 2.24) is 0 Å². The zero-order valence-corrected chi connectivity index (χ0v) is 15.8. The molecule has 0 heterocycles. The van der Waals surface area contributed by atoms with Gasteiger partial charge in [0.15, 0.2) is 0 Å². The van der Waals surface area contributed by atoms with E-state index in [-0.39, 0.29) is 5.97 Å². The molecule has 0 radical (unpaired) electrons. The second kappa shape index (κ2) is 19.3. The van der Waals surface area contributed by atoms with Crippen LogP contribution in [0.25, 0.3) is 0 Å². The minimum atomic E-state index is -0.0751. The topological polar surface area (TPSA) is 26.3 Å². The first kappa shape index (κ1) is 22.2. The van der Waals surface area contributed by atoms with Crippen LogP contribution < -0.4 is 0 Å². The van der Waals surface area contributed by atoms with E-state index in [0.29, 0.717) is 6.42 Å². The summed E-state index contributed by atoms with van der Waals surface area (Å²) in [5, 5.41) is 0. The van der Waals surface area contributed by atoms with Crippen LogP contribution in [0.1, 0.15) is 110 Å². The van der Waals surface area contributed by atoms with Crippen LogP contribution in [0.15, 0.2) is 12.2 Å². The quantitative estimate of drug-likeness (QED) is 0.164. The summed E-state index contributed by atoms with van der Waals surface area (Å²) in [6, 6.07) is 0. The van der Waals surface area contributed by atoms with Crippen molar-refractivity contribution in [3.63, 3.8) is 0 Å². The summed E-state index contributed by atoms with van der Waals surface area (Å²) < 4.78 is 4.63. The highest BCUT2D eigenvalue weighted by Crippen LogP contribution is 2.11. The van der Waals surface area contributed by atoms with Gasteiger partial charge in [0.1, 0.15) is 0 Å². The van der Waals surface area contributed by atoms with Crippen LogP contribution in [0, 0.1) is 0 Å². The Balaban J connectivity index is 3.10. The van der Waals surface area contributed by atoms with Gasteiger partial charge >= 0.3 is 5.97 Å². The lowest BCUT2D eigenvalue weighted by atomic mass is 10.1. The molecule has 2 nitrogen and oxygen atoms in total. The van der Waals surface area contributed by atoms with E-state index in [1.54, 1.807) is 0 Å². The Morgan fingerprint density at radius 3 is 1.61 bits per heavy atom. The van der Waals surface area contributed by atoms with Crippen molar-refractivity contribution in [1.29, 1.82) is 0 Å². The lowest BCUT2D eigenvalue weighted by Gasteiger charge is -2.00. The van der Waals surface area contributed by atoms with Crippen LogP contribution in [0.3, 0.4) is 0 Å². The molecule has 0 unspecified atom stereocenters. The number of hydrogen-bond donors (Lipinski definition) is 0. The van der Waals surface area contributed by atoms with Gasteiger partial charge in [-0.05, 0) is 32.1 Å². The first-order valence-corrected chi connectivity index (χ1v) is 10.0. The van der Waals surface area contributed by atoms with Crippen molar-refractivity contribution in [2.45, 2.75) is 110 Å². The van der Waals surface area contributed by atoms with Gasteiger partial charge in [0, 0.05) is 6.42 Å². The number of methoxy groups -OCH3 is 1. The summed E-state index contributed by atoms with van der Waals surface area (Å²) in [4.78, 5) is 10.9. The fourth-order valence-electron chi connectivity index (χ4n) is 2.80. The predicted molar refractivity (Wildman–Crippen MR) is 101 cm³/mol. The first-order valence-electron chi connectivity index (χ1n) is 10.0. The molecule has 0 amide bonds. The molecule has 0 atom stereocenters. The van der Waals surface area contributed by atoms with Crippen molar-refractivity contribution in [3.8, 4) is 0 Å². The van der Waals surface area contributed by atoms with E-state index in [4.69, 9.17) is 0 Å². The molecule has 23 heavy (non-hydrogen) atoms. The zero-order chi connectivity index (χ0) is 17.0. The monoisotopic (exact) mass is 324 g/mol. The summed E-state index contributed by atoms with van der Waals surface area (Å²) in [7, 11) is 1.46. The van der Waals surface area contributed by atoms with Crippen LogP contribution in [0.4, 0.5) is 0 Å². The molecule has 0 saturated carbocycles. The summed E-state index contributed by atoms with van der Waals surface area (Å²) in [5.41, 5.74) is 0. The van der Waals surface area contributed by atoms with Gasteiger partial charge in [0.05, 0.1) is 7.11 Å². The summed E-state index contributed by atoms with van der Waals surface area (Å²) >= 11 is 0. The minimum absolute atomic E-state index is 0.0751. The Morgan fingerprint density at radius 1 is 0.696 bits per heavy atom. The van der Waals surface area contributed by atoms with Gasteiger partial charge in [0.2, 0.25) is 0 Å². The number of esters is 1. The number of allylic oxidation sites excluding steroid dienone is 2. The van der Waals surface area contributed by atoms with Crippen molar-refractivity contribution in [2.24, 2.45) is 0 Å². The second-order valence-corrected chi connectivity index (χ2v) is 6.62. The zero-order valence-electron chi connectivity index (χ0n) is 15.8. The lowest BCUT2D eigenvalue weighted by Crippen LogP contribution is -1.98. The van der Waals surface area contributed by atoms with Gasteiger partial charge in [-0.15, -0.1) is 0 Å². The molecule has 0 N–H and O–H groups in total. The van der Waals surface area contributed by atoms with Crippen molar-refractivity contribution in [3.05, 3.63) is 12.2 Å². The number of rotatable bonds is 17. The predicted octanol–water partition coefficient (Wildman–Crippen LogP) is 6.98. The SMILES string of the molecule is CCCCCCCCCCC=CCCCCCCCC(=O)OC. The van der Waals surface area contributed by atoms with Crippen LogP contribution >= 0.6 is 0 Å². The summed E-state index contributed by atoms with van der Waals surface area (Å²) in [6.07, 6.45) is 24.9. The van der Waals surface area contributed by atoms with E-state index < -0.39 is 0 Å². The molecular formula is C21H40O2. The Morgan fingerprint density at radius 2 is 1.13 bits per heavy atom. The van der Waals surface area contributed by atoms with Gasteiger partial charge < -0.3 is 4.74 Å². The minimum Gasteiger partial charge on any atom is -0.469 e. The molecular weight excluding hydrogens is 284 g/mol. The van der Waals surface area contributed by atoms with Crippen molar-refractivity contribution >= 4 is 5.97 Å². The fraction of sp³-hybridized carbons (Fsp3) is 0.857. The summed E-state index contributed by atoms with van der Waals surface area (Å²) in [5.74, 6) is -0.0751. The molecule has 0 aromatic rings. The average Bonchev–Trinajstić information content (AvgIpc) is 2.57. The molecule has 0 aromatic heterocycles. The Bertz CT molecular complexity index is 271. The molecule has 0 fully saturated rings. The molecule has 0 saturated heterocycles. The number of carbonyl (C=O) groups is 1. The van der Waals surface area contributed by atoms with Gasteiger partial charge in [-0.25, -0.2) is 0 Å². The standard InChI is InChI=1S/C21H40O2/c1-3-4-5-6-7-8-9-10-11-12-13-14-15-16-17-18-19-20-21(22)23-2/h12-13H,3-11,14-20H2,1-2H3. The maximum Gasteiger partial charge on any atom is 0.305 e. The van der Waals surface area contributed by atoms with Gasteiger partial charge in [0.25, 0.3) is 0 Å². The molecule has 0 aromatic carbocycles. The average molecular weight is 325 g/mol. The fourth-order valence-corrected chi connectivity index (χ4v) is 2.80. The van der Waals surface area contributed by atoms with Gasteiger partial charge in [-0.2, -0.15) is 0 Å². The maximum atomic E-state index is 10.9. The van der Waals surface area contributed by atoms with E-state index >= 15 is 0 Å². The van der Waals surface area contributed by atoms with Crippen molar-refractivity contribution in [2.75, 3.05) is 7.11 Å². The smallest absolute Gasteiger partial charge is 0.305 e. The normalized spacial score (nSPS) is 11.2. The highest BCUT2D eigenvalue weighted by molar-refractivity contribution is 5.68. The van der Waals surface area contributed by atoms with Crippen LogP contribution in [0.2, 0.25) is 0 Å². The first-order chi connectivity index (χ1) is 11.3. The Kier molecular flexibility index (Phi) is 18.6. The maximum absolute atomic E-state index is 10.9. The molecule has 2 heteroatoms. The van der Waals surface area contributed by atoms with E-state index in [1.165, 1.54) is 90.6 Å². The number of hydrogen-bond acceptors (Lipinski definition) is 2. The molecule has 0 aliphatic rings. The largest absolute Gasteiger partial charge is 0.469 e. The van der Waals surface area contributed by atoms with Gasteiger partial charge in [-0.3, -0.25) is 4.79 Å². The highest BCUT2D eigenvalue weighted by atomic mass is 16.5. The second-order valence-electron chi connectivity index (χ2n) is 6.62. The van der Waals surface area contributed by atoms with Crippen LogP contribution in [-0.4, -0.2) is 13.1 Å². The molecule has 0 aliphatic carbocycles. The Labute approximate surface area is 145 Å². The molecule has 136 valence electrons. The van der Waals surface area contributed by atoms with E-state index in [0.717, 1.165) is 12.8 Å². The third-order valence-corrected chi connectivity index (χ3v) is 4.37. The van der Waals surface area contributed by atoms with Crippen molar-refractivity contribution < 1.29 is 9.53 Å². The third kappa shape index (κ3) is 19.2. The summed E-state index contributed by atoms with van der Waals surface area (Å²) in [6.45, 7) is 2.28. The van der Waals surface area contributed by atoms with E-state index in [1.807, 2.05) is 0 Å². The van der Waals surface area contributed by atoms with E-state index in [9.17, 15) is 4.79 Å². The lowest BCUT2D eigenvalue weighted by molar-refractivity contribution is -0.140. The number of carbonyl (C=O) groups excluding carboxylic acids is 1. The van der Waals surface area contributed by atoms with E-state index in [2.05, 4.69) is 23.8 Å². The molecule has 0 bridgehead atoms. The molecule has 0 aliphatic heterocycles. The third-order valence-electron chi connectivity index (χ3n) is 4.37. The van der Waals surface area contributed by atoms with Crippen LogP contribution in [0.5, 0.6) is 0 Å². The highest BCUT2D eigenvalue weighted by Gasteiger charge is 1.98. The molecule has 0 spiro atoms. The Hall–Kier alpha value is -0.790. The molecule has 0 rings (SSSR count). The van der Waals surface area contributed by atoms with Gasteiger partial charge in [-0.1, -0.05) is 83.3 Å². The van der Waals surface area contributed by atoms with Crippen LogP contribution in [-0.2, 0) is 9.53 Å². The number of unbranched alkanes of at least 4 members (excludes halogenated alkanes) is 13.